The first-order valence-electron chi connectivity index (χ1n) is 3.74. The molecule has 0 amide bonds. The number of hydrogen-bond donors (Lipinski definition) is 3. The van der Waals surface area contributed by atoms with Gasteiger partial charge in [-0.1, -0.05) is 0 Å². The van der Waals surface area contributed by atoms with E-state index >= 15 is 0 Å². The third-order valence-corrected chi connectivity index (χ3v) is 2.03. The summed E-state index contributed by atoms with van der Waals surface area (Å²) in [5, 5.41) is 17.2. The van der Waals surface area contributed by atoms with Gasteiger partial charge in [-0.05, 0) is 12.8 Å². The number of ketones is 1. The van der Waals surface area contributed by atoms with Crippen molar-refractivity contribution in [3.8, 4) is 0 Å². The van der Waals surface area contributed by atoms with E-state index in [0.717, 1.165) is 0 Å². The molecule has 1 fully saturated rings. The zero-order valence-electron chi connectivity index (χ0n) is 6.43. The summed E-state index contributed by atoms with van der Waals surface area (Å²) in [6.45, 7) is 0. The molecule has 1 aliphatic rings. The molecule has 0 saturated heterocycles. The Morgan fingerprint density at radius 1 is 1.67 bits per heavy atom. The number of hydrogen-bond acceptors (Lipinski definition) is 4. The Kier molecular flexibility index (Phi) is 2.44. The molecule has 0 aromatic heterocycles. The predicted molar refractivity (Wildman–Crippen MR) is 39.3 cm³/mol. The average molecular weight is 173 g/mol. The van der Waals surface area contributed by atoms with Crippen molar-refractivity contribution in [3.63, 3.8) is 0 Å². The molecular weight excluding hydrogens is 162 g/mol. The minimum Gasteiger partial charge on any atom is -0.480 e. The van der Waals surface area contributed by atoms with Crippen LogP contribution in [0.2, 0.25) is 0 Å². The number of carboxylic acid groups (broad SMARTS) is 1. The lowest BCUT2D eigenvalue weighted by molar-refractivity contribution is -0.138. The van der Waals surface area contributed by atoms with Gasteiger partial charge < -0.3 is 15.9 Å². The maximum absolute atomic E-state index is 10.6. The second-order valence-corrected chi connectivity index (χ2v) is 2.98. The number of carbonyl (C=O) groups excluding carboxylic acids is 1. The van der Waals surface area contributed by atoms with Gasteiger partial charge in [0.25, 0.3) is 0 Å². The van der Waals surface area contributed by atoms with Gasteiger partial charge in [-0.3, -0.25) is 9.59 Å². The van der Waals surface area contributed by atoms with E-state index < -0.39 is 18.1 Å². The largest absolute Gasteiger partial charge is 0.480 e. The van der Waals surface area contributed by atoms with Crippen LogP contribution < -0.4 is 5.73 Å². The number of aliphatic carboxylic acids is 1. The normalized spacial score (nSPS) is 30.0. The molecule has 0 aromatic carbocycles. The van der Waals surface area contributed by atoms with E-state index in [-0.39, 0.29) is 18.1 Å². The van der Waals surface area contributed by atoms with Crippen molar-refractivity contribution in [2.75, 3.05) is 0 Å². The van der Waals surface area contributed by atoms with E-state index in [1.807, 2.05) is 0 Å². The van der Waals surface area contributed by atoms with E-state index in [4.69, 9.17) is 15.9 Å². The van der Waals surface area contributed by atoms with Gasteiger partial charge in [-0.15, -0.1) is 0 Å². The third-order valence-electron chi connectivity index (χ3n) is 2.03. The fourth-order valence-electron chi connectivity index (χ4n) is 1.06. The maximum Gasteiger partial charge on any atom is 0.320 e. The summed E-state index contributed by atoms with van der Waals surface area (Å²) >= 11 is 0. The van der Waals surface area contributed by atoms with E-state index in [0.29, 0.717) is 6.42 Å². The van der Waals surface area contributed by atoms with Gasteiger partial charge in [0.1, 0.15) is 12.1 Å². The number of carboxylic acids is 1. The minimum atomic E-state index is -1.07. The van der Waals surface area contributed by atoms with Crippen LogP contribution in [-0.2, 0) is 9.59 Å². The van der Waals surface area contributed by atoms with E-state index in [1.165, 1.54) is 0 Å². The Morgan fingerprint density at radius 2 is 2.17 bits per heavy atom. The molecule has 68 valence electrons. The molecule has 2 unspecified atom stereocenters. The third kappa shape index (κ3) is 1.80. The lowest BCUT2D eigenvalue weighted by Gasteiger charge is -2.03. The zero-order chi connectivity index (χ0) is 9.30. The number of aliphatic hydroxyl groups is 1. The molecule has 5 nitrogen and oxygen atoms in total. The van der Waals surface area contributed by atoms with Crippen LogP contribution >= 0.6 is 0 Å². The van der Waals surface area contributed by atoms with Crippen LogP contribution in [0.15, 0.2) is 0 Å². The van der Waals surface area contributed by atoms with Gasteiger partial charge in [0.15, 0.2) is 5.78 Å². The maximum atomic E-state index is 10.6. The van der Waals surface area contributed by atoms with Crippen LogP contribution in [0.3, 0.4) is 0 Å². The van der Waals surface area contributed by atoms with Crippen molar-refractivity contribution >= 4 is 11.8 Å². The Labute approximate surface area is 69.2 Å². The number of rotatable bonds is 4. The highest BCUT2D eigenvalue weighted by Gasteiger charge is 2.47. The topological polar surface area (TPSA) is 101 Å². The highest BCUT2D eigenvalue weighted by atomic mass is 16.4. The van der Waals surface area contributed by atoms with E-state index in [9.17, 15) is 9.59 Å². The van der Waals surface area contributed by atoms with Crippen molar-refractivity contribution in [1.82, 2.24) is 0 Å². The van der Waals surface area contributed by atoms with E-state index in [1.54, 1.807) is 0 Å². The van der Waals surface area contributed by atoms with Crippen LogP contribution in [0.5, 0.6) is 0 Å². The molecule has 3 atom stereocenters. The van der Waals surface area contributed by atoms with Gasteiger partial charge in [0.05, 0.1) is 5.92 Å². The van der Waals surface area contributed by atoms with Gasteiger partial charge in [-0.2, -0.15) is 0 Å². The SMILES string of the molecule is N[C@@H](CCC1C(=O)C1O)C(=O)O. The zero-order valence-corrected chi connectivity index (χ0v) is 6.43. The second kappa shape index (κ2) is 3.20. The molecular formula is C7H11NO4. The minimum absolute atomic E-state index is 0.201. The van der Waals surface area contributed by atoms with Crippen LogP contribution in [0.4, 0.5) is 0 Å². The summed E-state index contributed by atoms with van der Waals surface area (Å²) in [7, 11) is 0. The molecule has 0 aliphatic heterocycles. The first-order valence-corrected chi connectivity index (χ1v) is 3.74. The number of nitrogens with two attached hydrogens (primary N) is 1. The predicted octanol–water partition coefficient (Wildman–Crippen LogP) is -1.26. The summed E-state index contributed by atoms with van der Waals surface area (Å²) < 4.78 is 0. The van der Waals surface area contributed by atoms with Crippen LogP contribution in [0.1, 0.15) is 12.8 Å². The molecule has 12 heavy (non-hydrogen) atoms. The summed E-state index contributed by atoms with van der Waals surface area (Å²) in [6.07, 6.45) is -0.262. The number of carbonyl (C=O) groups is 2. The lowest BCUT2D eigenvalue weighted by Crippen LogP contribution is -2.30. The summed E-state index contributed by atoms with van der Waals surface area (Å²) in [6, 6.07) is -0.925. The molecule has 1 rings (SSSR count). The Morgan fingerprint density at radius 3 is 2.50 bits per heavy atom. The van der Waals surface area contributed by atoms with Gasteiger partial charge in [-0.25, -0.2) is 0 Å². The average Bonchev–Trinajstić information content (AvgIpc) is 2.56. The number of aliphatic hydroxyl groups excluding tert-OH is 1. The fourth-order valence-corrected chi connectivity index (χ4v) is 1.06. The highest BCUT2D eigenvalue weighted by molar-refractivity contribution is 6.01. The molecule has 4 N–H and O–H groups in total. The van der Waals surface area contributed by atoms with Crippen molar-refractivity contribution in [2.45, 2.75) is 25.0 Å². The lowest BCUT2D eigenvalue weighted by atomic mass is 10.1. The van der Waals surface area contributed by atoms with Gasteiger partial charge in [0.2, 0.25) is 0 Å². The van der Waals surface area contributed by atoms with Crippen molar-refractivity contribution in [3.05, 3.63) is 0 Å². The van der Waals surface area contributed by atoms with Crippen molar-refractivity contribution in [1.29, 1.82) is 0 Å². The Bertz CT molecular complexity index is 205. The molecule has 0 aromatic rings. The molecule has 1 saturated carbocycles. The monoisotopic (exact) mass is 173 g/mol. The summed E-state index contributed by atoms with van der Waals surface area (Å²) in [4.78, 5) is 20.8. The highest BCUT2D eigenvalue weighted by Crippen LogP contribution is 2.29. The first-order chi connectivity index (χ1) is 5.54. The molecule has 0 radical (unpaired) electrons. The Hall–Kier alpha value is -0.940. The smallest absolute Gasteiger partial charge is 0.320 e. The molecule has 5 heteroatoms. The molecule has 0 bridgehead atoms. The van der Waals surface area contributed by atoms with Gasteiger partial charge >= 0.3 is 5.97 Å². The second-order valence-electron chi connectivity index (χ2n) is 2.98. The van der Waals surface area contributed by atoms with Gasteiger partial charge in [0, 0.05) is 0 Å². The Balaban J connectivity index is 2.19. The van der Waals surface area contributed by atoms with Crippen molar-refractivity contribution in [2.24, 2.45) is 11.7 Å². The first kappa shape index (κ1) is 9.15. The quantitative estimate of drug-likeness (QED) is 0.492. The molecule has 0 heterocycles. The van der Waals surface area contributed by atoms with Crippen LogP contribution in [0.25, 0.3) is 0 Å². The van der Waals surface area contributed by atoms with E-state index in [2.05, 4.69) is 0 Å². The standard InChI is InChI=1S/C7H11NO4/c8-4(7(11)12)2-1-3-5(9)6(3)10/h3-5,9H,1-2,8H2,(H,11,12)/t3?,4-,5?/m0/s1. The molecule has 0 spiro atoms. The van der Waals surface area contributed by atoms with Crippen molar-refractivity contribution < 1.29 is 19.8 Å². The fraction of sp³-hybridized carbons (Fsp3) is 0.714. The van der Waals surface area contributed by atoms with Crippen LogP contribution in [-0.4, -0.2) is 34.1 Å². The molecule has 1 aliphatic carbocycles. The summed E-state index contributed by atoms with van der Waals surface area (Å²) in [5.41, 5.74) is 5.19. The number of Topliss-reactive ketones (excluding diaryl/α,β-unsaturated/α-hetero) is 1. The summed E-state index contributed by atoms with van der Waals surface area (Å²) in [5.74, 6) is -1.64. The van der Waals surface area contributed by atoms with Crippen LogP contribution in [0, 0.1) is 5.92 Å².